The number of halogens is 1. The van der Waals surface area contributed by atoms with E-state index in [2.05, 4.69) is 0 Å². The molecule has 0 atom stereocenters. The second kappa shape index (κ2) is 9.27. The summed E-state index contributed by atoms with van der Waals surface area (Å²) in [4.78, 5) is 12.5. The fourth-order valence-electron chi connectivity index (χ4n) is 2.42. The Hall–Kier alpha value is -2.50. The van der Waals surface area contributed by atoms with Gasteiger partial charge in [-0.3, -0.25) is 4.79 Å². The average molecular weight is 377 g/mol. The summed E-state index contributed by atoms with van der Waals surface area (Å²) in [5.41, 5.74) is 1.96. The number of allylic oxidation sites excluding steroid dienone is 1. The van der Waals surface area contributed by atoms with E-state index in [-0.39, 0.29) is 22.3 Å². The first kappa shape index (κ1) is 19.8. The Balaban J connectivity index is 2.25. The van der Waals surface area contributed by atoms with Crippen molar-refractivity contribution in [3.63, 3.8) is 0 Å². The summed E-state index contributed by atoms with van der Waals surface area (Å²) in [6, 6.07) is 8.36. The smallest absolute Gasteiger partial charge is 0.185 e. The van der Waals surface area contributed by atoms with E-state index in [1.165, 1.54) is 6.08 Å². The van der Waals surface area contributed by atoms with E-state index in [1.807, 2.05) is 0 Å². The van der Waals surface area contributed by atoms with Crippen LogP contribution in [-0.2, 0) is 11.3 Å². The van der Waals surface area contributed by atoms with Crippen molar-refractivity contribution < 1.29 is 24.1 Å². The molecular formula is C20H21ClO5. The van der Waals surface area contributed by atoms with Crippen molar-refractivity contribution in [2.45, 2.75) is 13.5 Å². The van der Waals surface area contributed by atoms with E-state index in [0.717, 1.165) is 5.56 Å². The topological polar surface area (TPSA) is 65.0 Å². The number of hydrogen-bond donors (Lipinski definition) is 1. The molecule has 6 heteroatoms. The third kappa shape index (κ3) is 4.77. The van der Waals surface area contributed by atoms with Crippen LogP contribution in [0.25, 0.3) is 6.08 Å². The summed E-state index contributed by atoms with van der Waals surface area (Å²) in [5.74, 6) is 0.654. The molecule has 0 amide bonds. The largest absolute Gasteiger partial charge is 0.503 e. The van der Waals surface area contributed by atoms with Crippen molar-refractivity contribution in [1.82, 2.24) is 0 Å². The molecule has 0 aliphatic heterocycles. The molecule has 0 radical (unpaired) electrons. The predicted octanol–water partition coefficient (Wildman–Crippen LogP) is 4.50. The number of benzene rings is 2. The van der Waals surface area contributed by atoms with Gasteiger partial charge < -0.3 is 19.3 Å². The second-order valence-corrected chi connectivity index (χ2v) is 5.85. The quantitative estimate of drug-likeness (QED) is 0.543. The van der Waals surface area contributed by atoms with Gasteiger partial charge in [-0.25, -0.2) is 0 Å². The van der Waals surface area contributed by atoms with Crippen LogP contribution in [0.3, 0.4) is 0 Å². The number of rotatable bonds is 8. The van der Waals surface area contributed by atoms with Gasteiger partial charge in [0.1, 0.15) is 5.75 Å². The molecule has 0 unspecified atom stereocenters. The first-order chi connectivity index (χ1) is 12.5. The minimum Gasteiger partial charge on any atom is -0.503 e. The van der Waals surface area contributed by atoms with E-state index >= 15 is 0 Å². The number of phenolic OH excluding ortho intramolecular Hbond substituents is 1. The van der Waals surface area contributed by atoms with Crippen molar-refractivity contribution in [2.75, 3.05) is 20.8 Å². The van der Waals surface area contributed by atoms with Crippen LogP contribution in [0.5, 0.6) is 17.2 Å². The molecule has 0 fully saturated rings. The molecule has 0 heterocycles. The molecule has 0 bridgehead atoms. The lowest BCUT2D eigenvalue weighted by Gasteiger charge is -2.09. The zero-order valence-electron chi connectivity index (χ0n) is 14.9. The van der Waals surface area contributed by atoms with Gasteiger partial charge >= 0.3 is 0 Å². The highest BCUT2D eigenvalue weighted by Crippen LogP contribution is 2.35. The molecule has 26 heavy (non-hydrogen) atoms. The molecule has 138 valence electrons. The van der Waals surface area contributed by atoms with Gasteiger partial charge in [0.2, 0.25) is 0 Å². The van der Waals surface area contributed by atoms with Gasteiger partial charge in [0.15, 0.2) is 17.3 Å². The Morgan fingerprint density at radius 3 is 2.62 bits per heavy atom. The Morgan fingerprint density at radius 2 is 1.96 bits per heavy atom. The molecule has 0 spiro atoms. The number of carbonyl (C=O) groups excluding carboxylic acids is 1. The van der Waals surface area contributed by atoms with Crippen LogP contribution in [0.2, 0.25) is 5.02 Å². The highest BCUT2D eigenvalue weighted by Gasteiger charge is 2.10. The lowest BCUT2D eigenvalue weighted by molar-refractivity contribution is 0.104. The number of hydrogen-bond acceptors (Lipinski definition) is 5. The highest BCUT2D eigenvalue weighted by molar-refractivity contribution is 6.32. The fraction of sp³-hybridized carbons (Fsp3) is 0.250. The third-order valence-electron chi connectivity index (χ3n) is 3.64. The number of phenols is 1. The molecule has 0 saturated heterocycles. The minimum absolute atomic E-state index is 0.114. The normalized spacial score (nSPS) is 10.9. The van der Waals surface area contributed by atoms with Crippen molar-refractivity contribution in [3.8, 4) is 17.2 Å². The lowest BCUT2D eigenvalue weighted by atomic mass is 10.1. The molecular weight excluding hydrogens is 356 g/mol. The maximum Gasteiger partial charge on any atom is 0.185 e. The highest BCUT2D eigenvalue weighted by atomic mass is 35.5. The summed E-state index contributed by atoms with van der Waals surface area (Å²) in [6.07, 6.45) is 3.06. The molecule has 0 aromatic heterocycles. The Kier molecular flexibility index (Phi) is 7.06. The van der Waals surface area contributed by atoms with Crippen molar-refractivity contribution in [2.24, 2.45) is 0 Å². The SMILES string of the molecule is CCOc1cc(/C=C/C(=O)c2ccc(OC)c(COC)c2)cc(Cl)c1O. The number of ether oxygens (including phenoxy) is 3. The molecule has 0 aliphatic carbocycles. The number of methoxy groups -OCH3 is 2. The van der Waals surface area contributed by atoms with Gasteiger partial charge in [0, 0.05) is 18.2 Å². The average Bonchev–Trinajstić information content (AvgIpc) is 2.64. The summed E-state index contributed by atoms with van der Waals surface area (Å²) in [7, 11) is 3.15. The van der Waals surface area contributed by atoms with Crippen LogP contribution >= 0.6 is 11.6 Å². The summed E-state index contributed by atoms with van der Waals surface area (Å²) in [6.45, 7) is 2.55. The van der Waals surface area contributed by atoms with Crippen LogP contribution in [0.1, 0.15) is 28.4 Å². The van der Waals surface area contributed by atoms with E-state index < -0.39 is 0 Å². The fourth-order valence-corrected chi connectivity index (χ4v) is 2.64. The van der Waals surface area contributed by atoms with E-state index in [4.69, 9.17) is 25.8 Å². The van der Waals surface area contributed by atoms with Crippen LogP contribution in [0.15, 0.2) is 36.4 Å². The summed E-state index contributed by atoms with van der Waals surface area (Å²) in [5, 5.41) is 10.0. The van der Waals surface area contributed by atoms with Gasteiger partial charge in [-0.05, 0) is 48.9 Å². The monoisotopic (exact) mass is 376 g/mol. The molecule has 2 aromatic rings. The van der Waals surface area contributed by atoms with Gasteiger partial charge in [-0.15, -0.1) is 0 Å². The molecule has 1 N–H and O–H groups in total. The maximum atomic E-state index is 12.5. The number of aromatic hydroxyl groups is 1. The second-order valence-electron chi connectivity index (χ2n) is 5.44. The van der Waals surface area contributed by atoms with Crippen molar-refractivity contribution in [3.05, 3.63) is 58.1 Å². The van der Waals surface area contributed by atoms with Crippen LogP contribution < -0.4 is 9.47 Å². The van der Waals surface area contributed by atoms with Gasteiger partial charge in [0.25, 0.3) is 0 Å². The van der Waals surface area contributed by atoms with Crippen LogP contribution in [-0.4, -0.2) is 31.7 Å². The Bertz CT molecular complexity index is 814. The number of ketones is 1. The minimum atomic E-state index is -0.174. The Morgan fingerprint density at radius 1 is 1.19 bits per heavy atom. The standard InChI is InChI=1S/C20H21ClO5/c1-4-26-19-10-13(9-16(21)20(19)23)5-7-17(22)14-6-8-18(25-3)15(11-14)12-24-2/h5-11,23H,4,12H2,1-3H3/b7-5+. The van der Waals surface area contributed by atoms with Crippen molar-refractivity contribution in [1.29, 1.82) is 0 Å². The maximum absolute atomic E-state index is 12.5. The zero-order chi connectivity index (χ0) is 19.1. The van der Waals surface area contributed by atoms with Crippen molar-refractivity contribution >= 4 is 23.5 Å². The van der Waals surface area contributed by atoms with E-state index in [9.17, 15) is 9.90 Å². The van der Waals surface area contributed by atoms with Gasteiger partial charge in [0.05, 0.1) is 25.3 Å². The molecule has 2 rings (SSSR count). The summed E-state index contributed by atoms with van der Waals surface area (Å²) >= 11 is 6.00. The third-order valence-corrected chi connectivity index (χ3v) is 3.93. The number of carbonyl (C=O) groups is 1. The van der Waals surface area contributed by atoms with E-state index in [0.29, 0.717) is 30.1 Å². The molecule has 0 saturated carbocycles. The lowest BCUT2D eigenvalue weighted by Crippen LogP contribution is -2.00. The van der Waals surface area contributed by atoms with Crippen LogP contribution in [0.4, 0.5) is 0 Å². The zero-order valence-corrected chi connectivity index (χ0v) is 15.7. The van der Waals surface area contributed by atoms with E-state index in [1.54, 1.807) is 57.6 Å². The first-order valence-corrected chi connectivity index (χ1v) is 8.41. The Labute approximate surface area is 157 Å². The predicted molar refractivity (Wildman–Crippen MR) is 101 cm³/mol. The van der Waals surface area contributed by atoms with Gasteiger partial charge in [-0.1, -0.05) is 17.7 Å². The van der Waals surface area contributed by atoms with Gasteiger partial charge in [-0.2, -0.15) is 0 Å². The molecule has 2 aromatic carbocycles. The molecule has 5 nitrogen and oxygen atoms in total. The summed E-state index contributed by atoms with van der Waals surface area (Å²) < 4.78 is 15.7. The van der Waals surface area contributed by atoms with Crippen LogP contribution in [0, 0.1) is 0 Å². The molecule has 0 aliphatic rings. The first-order valence-electron chi connectivity index (χ1n) is 8.03.